The van der Waals surface area contributed by atoms with Crippen molar-refractivity contribution in [1.82, 2.24) is 10.2 Å². The van der Waals surface area contributed by atoms with Gasteiger partial charge in [0, 0.05) is 35.0 Å². The minimum absolute atomic E-state index is 0.161. The Hall–Kier alpha value is -0.530. The lowest BCUT2D eigenvalue weighted by molar-refractivity contribution is -0.132. The largest absolute Gasteiger partial charge is 0.353 e. The van der Waals surface area contributed by atoms with Crippen LogP contribution in [0.4, 0.5) is 0 Å². The molecule has 1 aromatic carbocycles. The van der Waals surface area contributed by atoms with Gasteiger partial charge in [-0.25, -0.2) is 0 Å². The number of rotatable bonds is 5. The van der Waals surface area contributed by atoms with Gasteiger partial charge in [-0.3, -0.25) is 9.59 Å². The zero-order valence-corrected chi connectivity index (χ0v) is 17.5. The summed E-state index contributed by atoms with van der Waals surface area (Å²) in [6.07, 6.45) is 4.86. The van der Waals surface area contributed by atoms with Crippen LogP contribution in [0.25, 0.3) is 0 Å². The molecule has 25 heavy (non-hydrogen) atoms. The number of aryl methyl sites for hydroxylation is 1. The van der Waals surface area contributed by atoms with E-state index >= 15 is 0 Å². The molecule has 1 N–H and O–H groups in total. The average Bonchev–Trinajstić information content (AvgIpc) is 3.42. The van der Waals surface area contributed by atoms with Crippen molar-refractivity contribution in [3.8, 4) is 0 Å². The second kappa shape index (κ2) is 8.44. The normalized spacial score (nSPS) is 18.3. The number of carbonyl (C=O) groups excluding carboxylic acids is 2. The monoisotopic (exact) mass is 494 g/mol. The molecule has 2 amide bonds. The number of amides is 2. The van der Waals surface area contributed by atoms with Crippen molar-refractivity contribution in [3.05, 3.63) is 31.3 Å². The number of nitrogens with one attached hydrogen (secondary N) is 1. The lowest BCUT2D eigenvalue weighted by Crippen LogP contribution is -2.47. The maximum absolute atomic E-state index is 12.5. The van der Waals surface area contributed by atoms with Crippen molar-refractivity contribution < 1.29 is 9.59 Å². The molecule has 0 radical (unpaired) electrons. The first kappa shape index (κ1) is 19.2. The molecule has 1 heterocycles. The summed E-state index contributed by atoms with van der Waals surface area (Å²) < 4.78 is 1.03. The van der Waals surface area contributed by atoms with E-state index in [0.717, 1.165) is 34.8 Å². The van der Waals surface area contributed by atoms with Crippen molar-refractivity contribution in [3.63, 3.8) is 0 Å². The first-order valence-corrected chi connectivity index (χ1v) is 10.5. The van der Waals surface area contributed by atoms with E-state index in [0.29, 0.717) is 36.0 Å². The summed E-state index contributed by atoms with van der Waals surface area (Å²) in [5, 5.41) is 4.18. The van der Waals surface area contributed by atoms with Crippen LogP contribution in [-0.4, -0.2) is 35.8 Å². The van der Waals surface area contributed by atoms with Gasteiger partial charge in [0.05, 0.1) is 10.0 Å². The maximum Gasteiger partial charge on any atom is 0.223 e. The van der Waals surface area contributed by atoms with E-state index in [9.17, 15) is 9.59 Å². The highest BCUT2D eigenvalue weighted by Crippen LogP contribution is 2.30. The third-order valence-corrected chi connectivity index (χ3v) is 6.57. The maximum atomic E-state index is 12.5. The molecule has 0 spiro atoms. The number of nitrogens with zero attached hydrogens (tertiary/aromatic N) is 1. The summed E-state index contributed by atoms with van der Waals surface area (Å²) in [4.78, 5) is 26.2. The van der Waals surface area contributed by atoms with Gasteiger partial charge in [0.25, 0.3) is 0 Å². The molecule has 2 aliphatic rings. The Balaban J connectivity index is 1.45. The molecule has 3 rings (SSSR count). The van der Waals surface area contributed by atoms with E-state index in [1.54, 1.807) is 0 Å². The van der Waals surface area contributed by atoms with Gasteiger partial charge < -0.3 is 10.2 Å². The Kier molecular flexibility index (Phi) is 6.49. The summed E-state index contributed by atoms with van der Waals surface area (Å²) in [7, 11) is 0. The molecule has 136 valence electrons. The van der Waals surface area contributed by atoms with Gasteiger partial charge in [-0.05, 0) is 72.4 Å². The molecule has 4 nitrogen and oxygen atoms in total. The standard InChI is InChI=1S/C18H21Cl2IN2O2/c19-14-9-12(16(21)10-15(14)20)3-4-17(24)23-7-5-13(6-8-23)22-18(25)11-1-2-11/h9-11,13H,1-8H2,(H,22,25). The summed E-state index contributed by atoms with van der Waals surface area (Å²) in [5.41, 5.74) is 1.05. The fourth-order valence-electron chi connectivity index (χ4n) is 3.09. The Bertz CT molecular complexity index is 671. The van der Waals surface area contributed by atoms with Crippen LogP contribution in [0.2, 0.25) is 10.0 Å². The molecule has 2 fully saturated rings. The number of hydrogen-bond donors (Lipinski definition) is 1. The Morgan fingerprint density at radius 1 is 1.12 bits per heavy atom. The van der Waals surface area contributed by atoms with Gasteiger partial charge in [-0.2, -0.15) is 0 Å². The summed E-state index contributed by atoms with van der Waals surface area (Å²) in [6.45, 7) is 1.43. The Labute approximate surface area is 171 Å². The topological polar surface area (TPSA) is 49.4 Å². The van der Waals surface area contributed by atoms with E-state index in [4.69, 9.17) is 23.2 Å². The van der Waals surface area contributed by atoms with Crippen molar-refractivity contribution in [2.45, 2.75) is 44.6 Å². The van der Waals surface area contributed by atoms with Crippen LogP contribution in [0, 0.1) is 9.49 Å². The van der Waals surface area contributed by atoms with Gasteiger partial charge in [0.15, 0.2) is 0 Å². The van der Waals surface area contributed by atoms with Crippen LogP contribution in [0.15, 0.2) is 12.1 Å². The highest BCUT2D eigenvalue weighted by Gasteiger charge is 2.32. The first-order valence-electron chi connectivity index (χ1n) is 8.65. The van der Waals surface area contributed by atoms with Crippen molar-refractivity contribution >= 4 is 57.6 Å². The van der Waals surface area contributed by atoms with Gasteiger partial charge in [-0.1, -0.05) is 23.2 Å². The summed E-state index contributed by atoms with van der Waals surface area (Å²) >= 11 is 14.3. The van der Waals surface area contributed by atoms with Crippen LogP contribution in [-0.2, 0) is 16.0 Å². The SMILES string of the molecule is O=C(NC1CCN(C(=O)CCc2cc(Cl)c(Cl)cc2I)CC1)C1CC1. The third-order valence-electron chi connectivity index (χ3n) is 4.84. The smallest absolute Gasteiger partial charge is 0.223 e. The zero-order valence-electron chi connectivity index (χ0n) is 13.9. The van der Waals surface area contributed by atoms with Gasteiger partial charge in [-0.15, -0.1) is 0 Å². The van der Waals surface area contributed by atoms with Gasteiger partial charge in [0.2, 0.25) is 11.8 Å². The van der Waals surface area contributed by atoms with Crippen LogP contribution in [0.3, 0.4) is 0 Å². The molecule has 0 aromatic heterocycles. The molecule has 1 aliphatic carbocycles. The third kappa shape index (κ3) is 5.23. The van der Waals surface area contributed by atoms with Crippen molar-refractivity contribution in [1.29, 1.82) is 0 Å². The van der Waals surface area contributed by atoms with Crippen LogP contribution in [0.5, 0.6) is 0 Å². The van der Waals surface area contributed by atoms with Crippen molar-refractivity contribution in [2.24, 2.45) is 5.92 Å². The molecule has 1 saturated heterocycles. The lowest BCUT2D eigenvalue weighted by Gasteiger charge is -2.32. The minimum atomic E-state index is 0.161. The van der Waals surface area contributed by atoms with E-state index in [1.807, 2.05) is 17.0 Å². The van der Waals surface area contributed by atoms with E-state index in [-0.39, 0.29) is 23.8 Å². The fraction of sp³-hybridized carbons (Fsp3) is 0.556. The van der Waals surface area contributed by atoms with Gasteiger partial charge >= 0.3 is 0 Å². The number of carbonyl (C=O) groups is 2. The summed E-state index contributed by atoms with van der Waals surface area (Å²) in [5.74, 6) is 0.598. The molecule has 1 aliphatic heterocycles. The Morgan fingerprint density at radius 3 is 2.40 bits per heavy atom. The molecule has 0 unspecified atom stereocenters. The minimum Gasteiger partial charge on any atom is -0.353 e. The highest BCUT2D eigenvalue weighted by molar-refractivity contribution is 14.1. The molecular weight excluding hydrogens is 474 g/mol. The Morgan fingerprint density at radius 2 is 1.76 bits per heavy atom. The number of likely N-dealkylation sites (tertiary alicyclic amines) is 1. The zero-order chi connectivity index (χ0) is 18.0. The lowest BCUT2D eigenvalue weighted by atomic mass is 10.0. The number of halogens is 3. The predicted octanol–water partition coefficient (Wildman–Crippen LogP) is 4.05. The number of piperidine rings is 1. The first-order chi connectivity index (χ1) is 11.9. The molecule has 0 bridgehead atoms. The second-order valence-electron chi connectivity index (χ2n) is 6.80. The van der Waals surface area contributed by atoms with E-state index in [2.05, 4.69) is 27.9 Å². The predicted molar refractivity (Wildman–Crippen MR) is 108 cm³/mol. The number of benzene rings is 1. The van der Waals surface area contributed by atoms with Crippen molar-refractivity contribution in [2.75, 3.05) is 13.1 Å². The molecule has 1 saturated carbocycles. The van der Waals surface area contributed by atoms with E-state index in [1.165, 1.54) is 0 Å². The summed E-state index contributed by atoms with van der Waals surface area (Å²) in [6, 6.07) is 3.89. The average molecular weight is 495 g/mol. The molecule has 7 heteroatoms. The number of hydrogen-bond acceptors (Lipinski definition) is 2. The fourth-order valence-corrected chi connectivity index (χ4v) is 4.36. The van der Waals surface area contributed by atoms with E-state index < -0.39 is 0 Å². The molecular formula is C18H21Cl2IN2O2. The highest BCUT2D eigenvalue weighted by atomic mass is 127. The van der Waals surface area contributed by atoms with Gasteiger partial charge in [0.1, 0.15) is 0 Å². The molecule has 0 atom stereocenters. The second-order valence-corrected chi connectivity index (χ2v) is 8.77. The van der Waals surface area contributed by atoms with Crippen LogP contribution in [0.1, 0.15) is 37.7 Å². The molecule has 1 aromatic rings. The van der Waals surface area contributed by atoms with Crippen LogP contribution < -0.4 is 5.32 Å². The van der Waals surface area contributed by atoms with Crippen LogP contribution >= 0.6 is 45.8 Å². The quantitative estimate of drug-likeness (QED) is 0.496.